The molecule has 1 amide bonds. The number of nitrogens with zero attached hydrogens (tertiary/aromatic N) is 3. The van der Waals surface area contributed by atoms with Crippen LogP contribution in [0.15, 0.2) is 29.3 Å². The van der Waals surface area contributed by atoms with Gasteiger partial charge in [-0.1, -0.05) is 11.6 Å². The van der Waals surface area contributed by atoms with Crippen molar-refractivity contribution in [3.05, 3.63) is 40.4 Å². The zero-order valence-electron chi connectivity index (χ0n) is 13.2. The maximum absolute atomic E-state index is 12.5. The third-order valence-corrected chi connectivity index (χ3v) is 4.32. The number of aromatic nitrogens is 2. The number of benzene rings is 1. The van der Waals surface area contributed by atoms with Crippen molar-refractivity contribution < 1.29 is 4.79 Å². The highest BCUT2D eigenvalue weighted by molar-refractivity contribution is 5.80. The molecular formula is C17H18N4O2. The largest absolute Gasteiger partial charge is 0.336 e. The Balaban J connectivity index is 1.84. The van der Waals surface area contributed by atoms with Crippen molar-refractivity contribution in [3.8, 4) is 6.07 Å². The molecule has 0 radical (unpaired) electrons. The molecule has 2 aromatic rings. The Labute approximate surface area is 133 Å². The number of hydrogen-bond donors (Lipinski definition) is 1. The van der Waals surface area contributed by atoms with Gasteiger partial charge in [0.2, 0.25) is 5.91 Å². The molecule has 0 saturated heterocycles. The van der Waals surface area contributed by atoms with E-state index in [1.54, 1.807) is 19.1 Å². The molecule has 0 aliphatic heterocycles. The van der Waals surface area contributed by atoms with E-state index in [1.165, 1.54) is 10.9 Å². The smallest absolute Gasteiger partial charge is 0.261 e. The van der Waals surface area contributed by atoms with Gasteiger partial charge >= 0.3 is 0 Å². The minimum atomic E-state index is -0.860. The molecule has 3 rings (SSSR count). The Bertz CT molecular complexity index is 876. The zero-order valence-corrected chi connectivity index (χ0v) is 13.2. The molecule has 0 unspecified atom stereocenters. The second-order valence-corrected chi connectivity index (χ2v) is 6.33. The standard InChI is InChI=1S/C17H18N4O2/c1-11-3-6-14-13(7-11)16(23)21(10-19-14)8-15(22)20-17(2,9-18)12-4-5-12/h3,6-7,10,12H,4-5,8H2,1-2H3,(H,20,22)/t17-/m0/s1. The predicted octanol–water partition coefficient (Wildman–Crippen LogP) is 1.51. The molecule has 1 aromatic heterocycles. The van der Waals surface area contributed by atoms with Crippen LogP contribution in [0, 0.1) is 24.2 Å². The third-order valence-electron chi connectivity index (χ3n) is 4.32. The third kappa shape index (κ3) is 2.95. The van der Waals surface area contributed by atoms with Crippen LogP contribution in [0.1, 0.15) is 25.3 Å². The number of carbonyl (C=O) groups is 1. The first-order valence-electron chi connectivity index (χ1n) is 7.61. The molecular weight excluding hydrogens is 292 g/mol. The molecule has 1 aliphatic carbocycles. The van der Waals surface area contributed by atoms with Crippen molar-refractivity contribution in [3.63, 3.8) is 0 Å². The Hall–Kier alpha value is -2.68. The number of nitriles is 1. The van der Waals surface area contributed by atoms with Crippen LogP contribution in [-0.2, 0) is 11.3 Å². The van der Waals surface area contributed by atoms with Crippen LogP contribution in [0.2, 0.25) is 0 Å². The quantitative estimate of drug-likeness (QED) is 0.927. The molecule has 1 saturated carbocycles. The Morgan fingerprint density at radius 1 is 1.52 bits per heavy atom. The zero-order chi connectivity index (χ0) is 16.6. The summed E-state index contributed by atoms with van der Waals surface area (Å²) in [5, 5.41) is 12.5. The normalized spacial score (nSPS) is 16.6. The predicted molar refractivity (Wildman–Crippen MR) is 85.6 cm³/mol. The van der Waals surface area contributed by atoms with Crippen molar-refractivity contribution in [2.75, 3.05) is 0 Å². The number of fused-ring (bicyclic) bond motifs is 1. The van der Waals surface area contributed by atoms with Gasteiger partial charge in [-0.25, -0.2) is 4.98 Å². The lowest BCUT2D eigenvalue weighted by molar-refractivity contribution is -0.123. The SMILES string of the molecule is Cc1ccc2ncn(CC(=O)N[C@@](C)(C#N)C3CC3)c(=O)c2c1. The first-order chi connectivity index (χ1) is 10.9. The van der Waals surface area contributed by atoms with Crippen molar-refractivity contribution >= 4 is 16.8 Å². The highest BCUT2D eigenvalue weighted by Gasteiger charge is 2.43. The van der Waals surface area contributed by atoms with Gasteiger partial charge in [-0.3, -0.25) is 14.2 Å². The summed E-state index contributed by atoms with van der Waals surface area (Å²) in [6.07, 6.45) is 3.27. The van der Waals surface area contributed by atoms with E-state index in [-0.39, 0.29) is 23.9 Å². The highest BCUT2D eigenvalue weighted by Crippen LogP contribution is 2.39. The fraction of sp³-hybridized carbons (Fsp3) is 0.412. The van der Waals surface area contributed by atoms with Gasteiger partial charge in [0, 0.05) is 0 Å². The monoisotopic (exact) mass is 310 g/mol. The van der Waals surface area contributed by atoms with Crippen molar-refractivity contribution in [2.24, 2.45) is 5.92 Å². The van der Waals surface area contributed by atoms with Crippen LogP contribution in [0.3, 0.4) is 0 Å². The van der Waals surface area contributed by atoms with Crippen LogP contribution in [-0.4, -0.2) is 21.0 Å². The van der Waals surface area contributed by atoms with Gasteiger partial charge in [0.25, 0.3) is 5.56 Å². The summed E-state index contributed by atoms with van der Waals surface area (Å²) >= 11 is 0. The van der Waals surface area contributed by atoms with Crippen molar-refractivity contribution in [2.45, 2.75) is 38.8 Å². The van der Waals surface area contributed by atoms with E-state index in [2.05, 4.69) is 16.4 Å². The van der Waals surface area contributed by atoms with E-state index in [0.717, 1.165) is 18.4 Å². The van der Waals surface area contributed by atoms with Gasteiger partial charge in [-0.05, 0) is 44.7 Å². The summed E-state index contributed by atoms with van der Waals surface area (Å²) in [5.74, 6) is -0.151. The topological polar surface area (TPSA) is 87.8 Å². The number of aryl methyl sites for hydroxylation is 1. The fourth-order valence-corrected chi connectivity index (χ4v) is 2.75. The number of rotatable bonds is 4. The van der Waals surface area contributed by atoms with Crippen LogP contribution in [0.25, 0.3) is 10.9 Å². The summed E-state index contributed by atoms with van der Waals surface area (Å²) in [6, 6.07) is 7.62. The highest BCUT2D eigenvalue weighted by atomic mass is 16.2. The van der Waals surface area contributed by atoms with E-state index in [9.17, 15) is 14.9 Å². The molecule has 1 atom stereocenters. The van der Waals surface area contributed by atoms with Crippen LogP contribution >= 0.6 is 0 Å². The first kappa shape index (κ1) is 15.2. The van der Waals surface area contributed by atoms with Crippen LogP contribution in [0.4, 0.5) is 0 Å². The summed E-state index contributed by atoms with van der Waals surface area (Å²) in [4.78, 5) is 28.9. The molecule has 1 aromatic carbocycles. The van der Waals surface area contributed by atoms with Crippen molar-refractivity contribution in [1.29, 1.82) is 5.26 Å². The molecule has 6 heteroatoms. The van der Waals surface area contributed by atoms with E-state index in [1.807, 2.05) is 13.0 Å². The van der Waals surface area contributed by atoms with Crippen molar-refractivity contribution in [1.82, 2.24) is 14.9 Å². The number of nitrogens with one attached hydrogen (secondary N) is 1. The van der Waals surface area contributed by atoms with Gasteiger partial charge in [-0.2, -0.15) is 5.26 Å². The number of amides is 1. The Kier molecular flexibility index (Phi) is 3.64. The van der Waals surface area contributed by atoms with E-state index in [0.29, 0.717) is 10.9 Å². The lowest BCUT2D eigenvalue weighted by Gasteiger charge is -2.23. The summed E-state index contributed by atoms with van der Waals surface area (Å²) in [7, 11) is 0. The molecule has 0 bridgehead atoms. The van der Waals surface area contributed by atoms with Gasteiger partial charge in [-0.15, -0.1) is 0 Å². The molecule has 1 heterocycles. The average molecular weight is 310 g/mol. The lowest BCUT2D eigenvalue weighted by Crippen LogP contribution is -2.48. The first-order valence-corrected chi connectivity index (χ1v) is 7.61. The summed E-state index contributed by atoms with van der Waals surface area (Å²) in [5.41, 5.74) is 0.460. The number of carbonyl (C=O) groups excluding carboxylic acids is 1. The molecule has 0 spiro atoms. The lowest BCUT2D eigenvalue weighted by atomic mass is 9.98. The number of hydrogen-bond acceptors (Lipinski definition) is 4. The molecule has 6 nitrogen and oxygen atoms in total. The maximum atomic E-state index is 12.5. The minimum absolute atomic E-state index is 0.139. The van der Waals surface area contributed by atoms with Gasteiger partial charge in [0.05, 0.1) is 23.3 Å². The molecule has 1 N–H and O–H groups in total. The van der Waals surface area contributed by atoms with Gasteiger partial charge in [0.15, 0.2) is 0 Å². The Morgan fingerprint density at radius 2 is 2.26 bits per heavy atom. The van der Waals surface area contributed by atoms with Gasteiger partial charge < -0.3 is 5.32 Å². The molecule has 1 fully saturated rings. The van der Waals surface area contributed by atoms with E-state index >= 15 is 0 Å². The van der Waals surface area contributed by atoms with Crippen LogP contribution < -0.4 is 10.9 Å². The molecule has 23 heavy (non-hydrogen) atoms. The van der Waals surface area contributed by atoms with E-state index < -0.39 is 5.54 Å². The second kappa shape index (κ2) is 5.51. The van der Waals surface area contributed by atoms with Crippen LogP contribution in [0.5, 0.6) is 0 Å². The Morgan fingerprint density at radius 3 is 2.91 bits per heavy atom. The minimum Gasteiger partial charge on any atom is -0.336 e. The summed E-state index contributed by atoms with van der Waals surface area (Å²) in [6.45, 7) is 3.49. The second-order valence-electron chi connectivity index (χ2n) is 6.33. The molecule has 1 aliphatic rings. The van der Waals surface area contributed by atoms with Gasteiger partial charge in [0.1, 0.15) is 12.1 Å². The molecule has 118 valence electrons. The summed E-state index contributed by atoms with van der Waals surface area (Å²) < 4.78 is 1.28. The maximum Gasteiger partial charge on any atom is 0.261 e. The fourth-order valence-electron chi connectivity index (χ4n) is 2.75. The average Bonchev–Trinajstić information content (AvgIpc) is 3.35. The van der Waals surface area contributed by atoms with E-state index in [4.69, 9.17) is 0 Å².